The van der Waals surface area contributed by atoms with Crippen LogP contribution in [0.3, 0.4) is 0 Å². The normalized spacial score (nSPS) is 10.5. The molecule has 2 aromatic carbocycles. The van der Waals surface area contributed by atoms with Crippen LogP contribution >= 0.6 is 0 Å². The Labute approximate surface area is 131 Å². The number of aromatic nitrogens is 3. The molecule has 0 saturated carbocycles. The second-order valence-electron chi connectivity index (χ2n) is 5.08. The summed E-state index contributed by atoms with van der Waals surface area (Å²) in [4.78, 5) is 0. The maximum absolute atomic E-state index is 13.0. The van der Waals surface area contributed by atoms with E-state index in [9.17, 15) is 14.0 Å². The second-order valence-corrected chi connectivity index (χ2v) is 5.08. The minimum Gasteiger partial charge on any atom is -0.243 e. The third-order valence-corrected chi connectivity index (χ3v) is 3.47. The van der Waals surface area contributed by atoms with E-state index in [1.54, 1.807) is 28.9 Å². The molecule has 0 aliphatic carbocycles. The lowest BCUT2D eigenvalue weighted by Crippen LogP contribution is -2.08. The zero-order valence-electron chi connectivity index (χ0n) is 12.1. The molecule has 0 saturated heterocycles. The SMILES string of the molecule is N#Cc1nnn(Cc2ccc(F)cc2)c1Cc1ccc(F)cc1. The van der Waals surface area contributed by atoms with E-state index < -0.39 is 0 Å². The van der Waals surface area contributed by atoms with Gasteiger partial charge in [-0.3, -0.25) is 0 Å². The first-order valence-electron chi connectivity index (χ1n) is 6.97. The van der Waals surface area contributed by atoms with Gasteiger partial charge >= 0.3 is 0 Å². The van der Waals surface area contributed by atoms with Gasteiger partial charge in [-0.1, -0.05) is 29.5 Å². The molecular weight excluding hydrogens is 298 g/mol. The molecule has 4 nitrogen and oxygen atoms in total. The van der Waals surface area contributed by atoms with E-state index in [0.717, 1.165) is 11.1 Å². The number of rotatable bonds is 4. The topological polar surface area (TPSA) is 54.5 Å². The Balaban J connectivity index is 1.89. The molecule has 0 radical (unpaired) electrons. The van der Waals surface area contributed by atoms with Crippen molar-refractivity contribution in [3.05, 3.63) is 82.7 Å². The number of hydrogen-bond donors (Lipinski definition) is 0. The van der Waals surface area contributed by atoms with Crippen molar-refractivity contribution in [2.75, 3.05) is 0 Å². The van der Waals surface area contributed by atoms with Crippen molar-refractivity contribution in [2.24, 2.45) is 0 Å². The Morgan fingerprint density at radius 3 is 2.04 bits per heavy atom. The van der Waals surface area contributed by atoms with Crippen molar-refractivity contribution in [3.8, 4) is 6.07 Å². The number of hydrogen-bond acceptors (Lipinski definition) is 3. The molecule has 0 aliphatic heterocycles. The van der Waals surface area contributed by atoms with Gasteiger partial charge in [0.05, 0.1) is 12.2 Å². The van der Waals surface area contributed by atoms with Crippen LogP contribution in [0.25, 0.3) is 0 Å². The molecule has 6 heteroatoms. The van der Waals surface area contributed by atoms with Crippen LogP contribution < -0.4 is 0 Å². The van der Waals surface area contributed by atoms with Crippen LogP contribution in [0.15, 0.2) is 48.5 Å². The van der Waals surface area contributed by atoms with Crippen LogP contribution in [0.1, 0.15) is 22.5 Å². The summed E-state index contributed by atoms with van der Waals surface area (Å²) in [6, 6.07) is 14.1. The maximum Gasteiger partial charge on any atom is 0.186 e. The highest BCUT2D eigenvalue weighted by Gasteiger charge is 2.13. The molecule has 1 aromatic heterocycles. The van der Waals surface area contributed by atoms with Gasteiger partial charge in [0, 0.05) is 6.42 Å². The summed E-state index contributed by atoms with van der Waals surface area (Å²) in [6.07, 6.45) is 0.414. The Hall–Kier alpha value is -3.07. The van der Waals surface area contributed by atoms with Crippen LogP contribution in [0.2, 0.25) is 0 Å². The van der Waals surface area contributed by atoms with Crippen molar-refractivity contribution in [1.29, 1.82) is 5.26 Å². The predicted molar refractivity (Wildman–Crippen MR) is 79.4 cm³/mol. The number of benzene rings is 2. The molecule has 0 N–H and O–H groups in total. The highest BCUT2D eigenvalue weighted by Crippen LogP contribution is 2.15. The molecule has 0 amide bonds. The molecule has 3 rings (SSSR count). The summed E-state index contributed by atoms with van der Waals surface area (Å²) in [5, 5.41) is 17.0. The van der Waals surface area contributed by atoms with Gasteiger partial charge in [-0.25, -0.2) is 13.5 Å². The molecule has 3 aromatic rings. The van der Waals surface area contributed by atoms with Gasteiger partial charge in [-0.15, -0.1) is 5.10 Å². The van der Waals surface area contributed by atoms with Gasteiger partial charge in [0.25, 0.3) is 0 Å². The molecule has 0 bridgehead atoms. The highest BCUT2D eigenvalue weighted by molar-refractivity contribution is 5.31. The van der Waals surface area contributed by atoms with Crippen molar-refractivity contribution in [1.82, 2.24) is 15.0 Å². The molecule has 0 atom stereocenters. The average molecular weight is 310 g/mol. The zero-order chi connectivity index (χ0) is 16.2. The van der Waals surface area contributed by atoms with Gasteiger partial charge < -0.3 is 0 Å². The lowest BCUT2D eigenvalue weighted by atomic mass is 10.1. The van der Waals surface area contributed by atoms with E-state index in [0.29, 0.717) is 18.7 Å². The minimum absolute atomic E-state index is 0.233. The molecule has 114 valence electrons. The number of nitriles is 1. The van der Waals surface area contributed by atoms with Crippen LogP contribution in [0.5, 0.6) is 0 Å². The number of nitrogens with zero attached hydrogens (tertiary/aromatic N) is 4. The minimum atomic E-state index is -0.313. The monoisotopic (exact) mass is 310 g/mol. The van der Waals surface area contributed by atoms with Gasteiger partial charge in [0.1, 0.15) is 17.7 Å². The number of halogens is 2. The fourth-order valence-corrected chi connectivity index (χ4v) is 2.28. The molecule has 1 heterocycles. The van der Waals surface area contributed by atoms with E-state index in [1.807, 2.05) is 6.07 Å². The fourth-order valence-electron chi connectivity index (χ4n) is 2.28. The van der Waals surface area contributed by atoms with Crippen LogP contribution in [0.4, 0.5) is 8.78 Å². The lowest BCUT2D eigenvalue weighted by Gasteiger charge is -2.07. The maximum atomic E-state index is 13.0. The molecule has 0 aliphatic rings. The highest BCUT2D eigenvalue weighted by atomic mass is 19.1. The zero-order valence-corrected chi connectivity index (χ0v) is 12.1. The van der Waals surface area contributed by atoms with E-state index >= 15 is 0 Å². The summed E-state index contributed by atoms with van der Waals surface area (Å²) in [7, 11) is 0. The van der Waals surface area contributed by atoms with Crippen LogP contribution in [-0.4, -0.2) is 15.0 Å². The van der Waals surface area contributed by atoms with Crippen LogP contribution in [0, 0.1) is 23.0 Å². The standard InChI is InChI=1S/C17H12F2N4/c18-14-5-1-12(2-6-14)9-17-16(10-20)21-22-23(17)11-13-3-7-15(19)8-4-13/h1-8H,9,11H2. The van der Waals surface area contributed by atoms with Gasteiger partial charge in [0.2, 0.25) is 0 Å². The third kappa shape index (κ3) is 3.40. The third-order valence-electron chi connectivity index (χ3n) is 3.47. The molecule has 23 heavy (non-hydrogen) atoms. The summed E-state index contributed by atoms with van der Waals surface area (Å²) in [6.45, 7) is 0.380. The van der Waals surface area contributed by atoms with Crippen LogP contribution in [-0.2, 0) is 13.0 Å². The van der Waals surface area contributed by atoms with Gasteiger partial charge in [-0.05, 0) is 35.4 Å². The average Bonchev–Trinajstić information content (AvgIpc) is 2.93. The molecule has 0 unspecified atom stereocenters. The first-order chi connectivity index (χ1) is 11.2. The summed E-state index contributed by atoms with van der Waals surface area (Å²) in [5.74, 6) is -0.621. The summed E-state index contributed by atoms with van der Waals surface area (Å²) >= 11 is 0. The second kappa shape index (κ2) is 6.36. The van der Waals surface area contributed by atoms with Gasteiger partial charge in [-0.2, -0.15) is 5.26 Å². The quantitative estimate of drug-likeness (QED) is 0.744. The summed E-state index contributed by atoms with van der Waals surface area (Å²) in [5.41, 5.74) is 2.58. The molecule has 0 fully saturated rings. The van der Waals surface area contributed by atoms with E-state index in [2.05, 4.69) is 10.3 Å². The Kier molecular flexibility index (Phi) is 4.11. The largest absolute Gasteiger partial charge is 0.243 e. The van der Waals surface area contributed by atoms with Crippen molar-refractivity contribution in [2.45, 2.75) is 13.0 Å². The molecule has 0 spiro atoms. The van der Waals surface area contributed by atoms with Gasteiger partial charge in [0.15, 0.2) is 5.69 Å². The first-order valence-corrected chi connectivity index (χ1v) is 6.97. The lowest BCUT2D eigenvalue weighted by molar-refractivity contribution is 0.613. The Morgan fingerprint density at radius 2 is 1.48 bits per heavy atom. The Bertz CT molecular complexity index is 846. The van der Waals surface area contributed by atoms with Crippen molar-refractivity contribution >= 4 is 0 Å². The smallest absolute Gasteiger partial charge is 0.186 e. The Morgan fingerprint density at radius 1 is 0.913 bits per heavy atom. The fraction of sp³-hybridized carbons (Fsp3) is 0.118. The van der Waals surface area contributed by atoms with E-state index in [1.165, 1.54) is 24.3 Å². The molecular formula is C17H12F2N4. The van der Waals surface area contributed by atoms with E-state index in [-0.39, 0.29) is 17.3 Å². The summed E-state index contributed by atoms with van der Waals surface area (Å²) < 4.78 is 27.6. The van der Waals surface area contributed by atoms with E-state index in [4.69, 9.17) is 0 Å². The predicted octanol–water partition coefficient (Wildman–Crippen LogP) is 3.07. The van der Waals surface area contributed by atoms with Crippen molar-refractivity contribution < 1.29 is 8.78 Å². The van der Waals surface area contributed by atoms with Crippen molar-refractivity contribution in [3.63, 3.8) is 0 Å². The first kappa shape index (κ1) is 14.9.